The van der Waals surface area contributed by atoms with Gasteiger partial charge in [0.05, 0.1) is 16.7 Å². The van der Waals surface area contributed by atoms with E-state index in [1.165, 1.54) is 5.56 Å². The molecule has 0 fully saturated rings. The van der Waals surface area contributed by atoms with Crippen LogP contribution in [0.5, 0.6) is 23.0 Å². The van der Waals surface area contributed by atoms with Gasteiger partial charge in [-0.1, -0.05) is 99.9 Å². The Bertz CT molecular complexity index is 1520. The van der Waals surface area contributed by atoms with Gasteiger partial charge in [0.2, 0.25) is 0 Å². The number of nitrogens with zero attached hydrogens (tertiary/aromatic N) is 1. The number of rotatable bonds is 14. The second-order valence-electron chi connectivity index (χ2n) is 14.4. The van der Waals surface area contributed by atoms with Crippen LogP contribution in [-0.2, 0) is 21.0 Å². The van der Waals surface area contributed by atoms with Crippen molar-refractivity contribution in [2.75, 3.05) is 5.32 Å². The zero-order chi connectivity index (χ0) is 34.4. The van der Waals surface area contributed by atoms with E-state index < -0.39 is 28.4 Å². The minimum Gasteiger partial charge on any atom is -0.502 e. The first kappa shape index (κ1) is 36.4. The van der Waals surface area contributed by atoms with Crippen LogP contribution in [0.4, 0.5) is 11.4 Å². The van der Waals surface area contributed by atoms with Gasteiger partial charge in [-0.25, -0.2) is 0 Å². The second-order valence-corrected chi connectivity index (χ2v) is 14.4. The summed E-state index contributed by atoms with van der Waals surface area (Å²) < 4.78 is 12.6. The Morgan fingerprint density at radius 2 is 1.48 bits per heavy atom. The zero-order valence-corrected chi connectivity index (χ0v) is 29.2. The molecule has 0 saturated heterocycles. The van der Waals surface area contributed by atoms with Crippen LogP contribution in [0.15, 0.2) is 54.6 Å². The van der Waals surface area contributed by atoms with E-state index in [4.69, 9.17) is 9.47 Å². The molecule has 3 aromatic carbocycles. The molecule has 250 valence electrons. The minimum atomic E-state index is -0.854. The summed E-state index contributed by atoms with van der Waals surface area (Å²) >= 11 is 0. The smallest absolute Gasteiger partial charge is 0.314 e. The van der Waals surface area contributed by atoms with E-state index in [1.807, 2.05) is 25.1 Å². The number of amides is 1. The third-order valence-electron chi connectivity index (χ3n) is 9.12. The quantitative estimate of drug-likeness (QED) is 0.135. The maximum absolute atomic E-state index is 13.9. The Kier molecular flexibility index (Phi) is 11.5. The van der Waals surface area contributed by atoms with Crippen molar-refractivity contribution in [3.05, 3.63) is 81.4 Å². The molecule has 0 heterocycles. The van der Waals surface area contributed by atoms with Gasteiger partial charge in [0.15, 0.2) is 17.6 Å². The largest absolute Gasteiger partial charge is 0.502 e. The third-order valence-corrected chi connectivity index (χ3v) is 9.12. The molecule has 0 aliphatic carbocycles. The topological polar surface area (TPSA) is 111 Å². The van der Waals surface area contributed by atoms with Crippen molar-refractivity contribution in [3.63, 3.8) is 0 Å². The van der Waals surface area contributed by atoms with Crippen LogP contribution in [0.2, 0.25) is 0 Å². The highest BCUT2D eigenvalue weighted by atomic mass is 16.6. The van der Waals surface area contributed by atoms with Crippen LogP contribution >= 0.6 is 0 Å². The fourth-order valence-electron chi connectivity index (χ4n) is 5.01. The molecular formula is C38H52N2O6. The van der Waals surface area contributed by atoms with E-state index in [-0.39, 0.29) is 27.7 Å². The number of unbranched alkanes of at least 4 members (excludes halogenated alkanes) is 1. The number of nitro groups is 1. The lowest BCUT2D eigenvalue weighted by molar-refractivity contribution is -0.385. The molecule has 0 aliphatic heterocycles. The Labute approximate surface area is 274 Å². The number of nitro benzene ring substituents is 1. The predicted octanol–water partition coefficient (Wildman–Crippen LogP) is 10.3. The van der Waals surface area contributed by atoms with Gasteiger partial charge >= 0.3 is 5.69 Å². The first-order valence-electron chi connectivity index (χ1n) is 16.4. The third kappa shape index (κ3) is 8.80. The van der Waals surface area contributed by atoms with Crippen LogP contribution in [0.3, 0.4) is 0 Å². The molecule has 1 atom stereocenters. The Morgan fingerprint density at radius 1 is 0.870 bits per heavy atom. The summed E-state index contributed by atoms with van der Waals surface area (Å²) in [6.45, 7) is 21.5. The number of carbonyl (C=O) groups excluding carboxylic acids is 1. The SMILES string of the molecule is CCCCC(Oc1ccc(C(C)(C)CC)cc1C(C)(C)CC)C(=O)Nc1cc(O)c([N+](=O)[O-])cc1Oc1ccc(C(C)(C)C)cc1. The Balaban J connectivity index is 2.01. The second kappa shape index (κ2) is 14.6. The molecular weight excluding hydrogens is 580 g/mol. The summed E-state index contributed by atoms with van der Waals surface area (Å²) in [5.41, 5.74) is 2.64. The minimum absolute atomic E-state index is 0.0164. The van der Waals surface area contributed by atoms with Crippen molar-refractivity contribution in [3.8, 4) is 23.0 Å². The van der Waals surface area contributed by atoms with E-state index in [0.717, 1.165) is 48.9 Å². The molecule has 46 heavy (non-hydrogen) atoms. The lowest BCUT2D eigenvalue weighted by atomic mass is 9.76. The molecule has 3 aromatic rings. The molecule has 0 bridgehead atoms. The number of benzene rings is 3. The van der Waals surface area contributed by atoms with Crippen LogP contribution in [0.1, 0.15) is 118 Å². The lowest BCUT2D eigenvalue weighted by Gasteiger charge is -2.31. The van der Waals surface area contributed by atoms with Crippen LogP contribution in [0.25, 0.3) is 0 Å². The van der Waals surface area contributed by atoms with E-state index >= 15 is 0 Å². The lowest BCUT2D eigenvalue weighted by Crippen LogP contribution is -2.34. The average molecular weight is 633 g/mol. The number of phenols is 1. The highest BCUT2D eigenvalue weighted by Crippen LogP contribution is 2.41. The Hall–Kier alpha value is -4.07. The Morgan fingerprint density at radius 3 is 2.02 bits per heavy atom. The highest BCUT2D eigenvalue weighted by molar-refractivity contribution is 5.96. The van der Waals surface area contributed by atoms with E-state index in [9.17, 15) is 20.0 Å². The molecule has 8 nitrogen and oxygen atoms in total. The van der Waals surface area contributed by atoms with Crippen LogP contribution < -0.4 is 14.8 Å². The van der Waals surface area contributed by atoms with Gasteiger partial charge < -0.3 is 19.9 Å². The molecule has 0 saturated carbocycles. The maximum Gasteiger partial charge on any atom is 0.314 e. The monoisotopic (exact) mass is 632 g/mol. The summed E-state index contributed by atoms with van der Waals surface area (Å²) in [6, 6.07) is 15.9. The molecule has 1 unspecified atom stereocenters. The van der Waals surface area contributed by atoms with E-state index in [2.05, 4.69) is 79.8 Å². The van der Waals surface area contributed by atoms with Gasteiger partial charge in [-0.2, -0.15) is 0 Å². The highest BCUT2D eigenvalue weighted by Gasteiger charge is 2.30. The number of nitrogens with one attached hydrogen (secondary N) is 1. The number of ether oxygens (including phenoxy) is 2. The number of hydrogen-bond acceptors (Lipinski definition) is 6. The fraction of sp³-hybridized carbons (Fsp3) is 0.500. The summed E-state index contributed by atoms with van der Waals surface area (Å²) in [7, 11) is 0. The number of aromatic hydroxyl groups is 1. The van der Waals surface area contributed by atoms with E-state index in [1.54, 1.807) is 12.1 Å². The van der Waals surface area contributed by atoms with Gasteiger partial charge in [0.25, 0.3) is 5.91 Å². The molecule has 0 spiro atoms. The summed E-state index contributed by atoms with van der Waals surface area (Å²) in [4.78, 5) is 24.9. The molecule has 0 aliphatic rings. The molecule has 1 amide bonds. The predicted molar refractivity (Wildman–Crippen MR) is 186 cm³/mol. The van der Waals surface area contributed by atoms with Gasteiger partial charge in [-0.3, -0.25) is 14.9 Å². The number of carbonyl (C=O) groups is 1. The first-order valence-corrected chi connectivity index (χ1v) is 16.4. The summed E-state index contributed by atoms with van der Waals surface area (Å²) in [5.74, 6) is 0.106. The van der Waals surface area contributed by atoms with Crippen molar-refractivity contribution < 1.29 is 24.3 Å². The normalized spacial score (nSPS) is 12.8. The maximum atomic E-state index is 13.9. The van der Waals surface area contributed by atoms with Crippen LogP contribution in [0, 0.1) is 10.1 Å². The number of anilines is 1. The van der Waals surface area contributed by atoms with Gasteiger partial charge in [-0.05, 0) is 71.3 Å². The van der Waals surface area contributed by atoms with Gasteiger partial charge in [0, 0.05) is 11.6 Å². The fourth-order valence-corrected chi connectivity index (χ4v) is 5.01. The average Bonchev–Trinajstić information content (AvgIpc) is 2.99. The van der Waals surface area contributed by atoms with Crippen molar-refractivity contribution in [1.82, 2.24) is 0 Å². The number of hydrogen-bond donors (Lipinski definition) is 2. The van der Waals surface area contributed by atoms with E-state index in [0.29, 0.717) is 17.9 Å². The van der Waals surface area contributed by atoms with Crippen molar-refractivity contribution in [2.45, 2.75) is 124 Å². The van der Waals surface area contributed by atoms with Crippen molar-refractivity contribution >= 4 is 17.3 Å². The van der Waals surface area contributed by atoms with Gasteiger partial charge in [-0.15, -0.1) is 0 Å². The summed E-state index contributed by atoms with van der Waals surface area (Å²) in [6.07, 6.45) is 3.08. The standard InChI is InChI=1S/C38H52N2O6/c1-11-14-15-33(46-32-21-18-26(37(7,8)12-2)22-28(32)38(9,10)13-3)35(42)39-29-23-31(41)30(40(43)44)24-34(29)45-27-19-16-25(17-20-27)36(4,5)6/h16-24,33,41H,11-15H2,1-10H3,(H,39,42). The zero-order valence-electron chi connectivity index (χ0n) is 29.2. The van der Waals surface area contributed by atoms with Crippen molar-refractivity contribution in [1.29, 1.82) is 0 Å². The first-order chi connectivity index (χ1) is 21.4. The number of phenolic OH excluding ortho intramolecular Hbond substituents is 1. The summed E-state index contributed by atoms with van der Waals surface area (Å²) in [5, 5.41) is 25.0. The molecule has 0 aromatic heterocycles. The molecule has 2 N–H and O–H groups in total. The molecule has 0 radical (unpaired) electrons. The van der Waals surface area contributed by atoms with Gasteiger partial charge in [0.1, 0.15) is 11.5 Å². The molecule has 8 heteroatoms. The van der Waals surface area contributed by atoms with Crippen LogP contribution in [-0.4, -0.2) is 22.0 Å². The van der Waals surface area contributed by atoms with Crippen molar-refractivity contribution in [2.24, 2.45) is 0 Å². The molecule has 3 rings (SSSR count).